The van der Waals surface area contributed by atoms with Gasteiger partial charge in [0.25, 0.3) is 5.91 Å². The van der Waals surface area contributed by atoms with E-state index in [1.165, 1.54) is 18.3 Å². The molecule has 0 fully saturated rings. The molecule has 1 amide bonds. The second-order valence-electron chi connectivity index (χ2n) is 5.84. The monoisotopic (exact) mass is 350 g/mol. The Kier molecular flexibility index (Phi) is 4.76. The number of Topliss-reactive ketones (excluding diaryl/α,β-unsaturated/α-hetero) is 1. The number of nitrogens with one attached hydrogen (secondary N) is 1. The van der Waals surface area contributed by atoms with Gasteiger partial charge in [-0.05, 0) is 32.4 Å². The summed E-state index contributed by atoms with van der Waals surface area (Å²) in [5, 5.41) is 3.72. The van der Waals surface area contributed by atoms with Gasteiger partial charge in [0.1, 0.15) is 9.88 Å². The van der Waals surface area contributed by atoms with Crippen LogP contribution in [0.5, 0.6) is 0 Å². The molecule has 126 valence electrons. The van der Waals surface area contributed by atoms with Crippen LogP contribution in [0, 0.1) is 13.8 Å². The predicted octanol–water partition coefficient (Wildman–Crippen LogP) is 4.88. The van der Waals surface area contributed by atoms with E-state index in [9.17, 15) is 9.59 Å². The molecular formula is C20H18N2O2S. The summed E-state index contributed by atoms with van der Waals surface area (Å²) >= 11 is 1.37. The van der Waals surface area contributed by atoms with Crippen LogP contribution in [0.25, 0.3) is 10.6 Å². The van der Waals surface area contributed by atoms with Gasteiger partial charge in [0.05, 0.1) is 5.69 Å². The zero-order chi connectivity index (χ0) is 18.0. The highest BCUT2D eigenvalue weighted by Gasteiger charge is 2.17. The second-order valence-corrected chi connectivity index (χ2v) is 6.84. The van der Waals surface area contributed by atoms with Crippen LogP contribution in [0.2, 0.25) is 0 Å². The summed E-state index contributed by atoms with van der Waals surface area (Å²) < 4.78 is 0. The quantitative estimate of drug-likeness (QED) is 0.682. The van der Waals surface area contributed by atoms with Crippen molar-refractivity contribution >= 4 is 28.7 Å². The lowest BCUT2D eigenvalue weighted by molar-refractivity contribution is 0.101. The molecule has 3 aromatic rings. The van der Waals surface area contributed by atoms with Crippen molar-refractivity contribution in [3.63, 3.8) is 0 Å². The molecule has 5 heteroatoms. The van der Waals surface area contributed by atoms with Crippen LogP contribution in [0.4, 0.5) is 5.69 Å². The minimum atomic E-state index is -0.207. The van der Waals surface area contributed by atoms with Gasteiger partial charge in [-0.3, -0.25) is 9.59 Å². The number of aromatic nitrogens is 1. The van der Waals surface area contributed by atoms with Gasteiger partial charge in [-0.1, -0.05) is 42.5 Å². The fourth-order valence-corrected chi connectivity index (χ4v) is 3.43. The van der Waals surface area contributed by atoms with Crippen LogP contribution < -0.4 is 5.32 Å². The lowest BCUT2D eigenvalue weighted by Crippen LogP contribution is -2.13. The topological polar surface area (TPSA) is 59.1 Å². The first-order valence-corrected chi connectivity index (χ1v) is 8.73. The molecule has 0 spiro atoms. The number of ketones is 1. The summed E-state index contributed by atoms with van der Waals surface area (Å²) in [4.78, 5) is 29.3. The van der Waals surface area contributed by atoms with Gasteiger partial charge in [0.15, 0.2) is 5.78 Å². The van der Waals surface area contributed by atoms with Crippen molar-refractivity contribution in [2.75, 3.05) is 5.32 Å². The normalized spacial score (nSPS) is 10.5. The first kappa shape index (κ1) is 17.0. The van der Waals surface area contributed by atoms with E-state index in [0.29, 0.717) is 21.8 Å². The fraction of sp³-hybridized carbons (Fsp3) is 0.150. The van der Waals surface area contributed by atoms with Crippen molar-refractivity contribution in [2.24, 2.45) is 0 Å². The number of rotatable bonds is 4. The number of benzene rings is 2. The first-order chi connectivity index (χ1) is 12.0. The zero-order valence-corrected chi connectivity index (χ0v) is 15.1. The summed E-state index contributed by atoms with van der Waals surface area (Å²) in [6, 6.07) is 15.1. The van der Waals surface area contributed by atoms with E-state index < -0.39 is 0 Å². The maximum atomic E-state index is 12.7. The number of thiazole rings is 1. The Labute approximate surface area is 150 Å². The third kappa shape index (κ3) is 3.67. The van der Waals surface area contributed by atoms with E-state index in [-0.39, 0.29) is 11.7 Å². The number of aryl methyl sites for hydroxylation is 2. The molecule has 0 aliphatic carbocycles. The van der Waals surface area contributed by atoms with E-state index in [1.54, 1.807) is 12.1 Å². The summed E-state index contributed by atoms with van der Waals surface area (Å²) in [6.07, 6.45) is 0. The zero-order valence-electron chi connectivity index (χ0n) is 14.3. The molecule has 0 aliphatic heterocycles. The summed E-state index contributed by atoms with van der Waals surface area (Å²) in [6.45, 7) is 5.24. The van der Waals surface area contributed by atoms with Gasteiger partial charge in [-0.15, -0.1) is 11.3 Å². The van der Waals surface area contributed by atoms with Gasteiger partial charge < -0.3 is 5.32 Å². The second kappa shape index (κ2) is 6.99. The number of amides is 1. The molecule has 0 bridgehead atoms. The Morgan fingerprint density at radius 2 is 1.76 bits per heavy atom. The van der Waals surface area contributed by atoms with Crippen LogP contribution in [0.1, 0.15) is 38.2 Å². The number of anilines is 1. The largest absolute Gasteiger partial charge is 0.321 e. The Morgan fingerprint density at radius 1 is 1.04 bits per heavy atom. The van der Waals surface area contributed by atoms with Gasteiger partial charge in [-0.2, -0.15) is 0 Å². The molecule has 2 aromatic carbocycles. The number of hydrogen-bond donors (Lipinski definition) is 1. The SMILES string of the molecule is CC(=O)c1ccc(C)c(NC(=O)c2sc(-c3ccccc3)nc2C)c1. The molecule has 0 unspecified atom stereocenters. The van der Waals surface area contributed by atoms with Crippen LogP contribution in [0.15, 0.2) is 48.5 Å². The highest BCUT2D eigenvalue weighted by atomic mass is 32.1. The van der Waals surface area contributed by atoms with Gasteiger partial charge in [0, 0.05) is 16.8 Å². The van der Waals surface area contributed by atoms with E-state index in [4.69, 9.17) is 0 Å². The molecule has 1 N–H and O–H groups in total. The Morgan fingerprint density at radius 3 is 2.44 bits per heavy atom. The van der Waals surface area contributed by atoms with E-state index in [0.717, 1.165) is 16.1 Å². The van der Waals surface area contributed by atoms with Crippen molar-refractivity contribution in [1.82, 2.24) is 4.98 Å². The third-order valence-electron chi connectivity index (χ3n) is 3.92. The molecule has 4 nitrogen and oxygen atoms in total. The smallest absolute Gasteiger partial charge is 0.267 e. The van der Waals surface area contributed by atoms with Crippen molar-refractivity contribution in [3.8, 4) is 10.6 Å². The minimum absolute atomic E-state index is 0.0316. The lowest BCUT2D eigenvalue weighted by atomic mass is 10.1. The van der Waals surface area contributed by atoms with Crippen LogP contribution in [-0.4, -0.2) is 16.7 Å². The number of hydrogen-bond acceptors (Lipinski definition) is 4. The molecule has 0 radical (unpaired) electrons. The Hall–Kier alpha value is -2.79. The molecule has 0 aliphatic rings. The first-order valence-electron chi connectivity index (χ1n) is 7.91. The molecule has 0 saturated carbocycles. The highest BCUT2D eigenvalue weighted by Crippen LogP contribution is 2.28. The molecule has 3 rings (SSSR count). The number of nitrogens with zero attached hydrogens (tertiary/aromatic N) is 1. The maximum Gasteiger partial charge on any atom is 0.267 e. The summed E-state index contributed by atoms with van der Waals surface area (Å²) in [7, 11) is 0. The Bertz CT molecular complexity index is 946. The predicted molar refractivity (Wildman–Crippen MR) is 101 cm³/mol. The molecule has 1 aromatic heterocycles. The van der Waals surface area contributed by atoms with Crippen molar-refractivity contribution < 1.29 is 9.59 Å². The molecule has 0 atom stereocenters. The average molecular weight is 350 g/mol. The van der Waals surface area contributed by atoms with Crippen molar-refractivity contribution in [2.45, 2.75) is 20.8 Å². The minimum Gasteiger partial charge on any atom is -0.321 e. The molecular weight excluding hydrogens is 332 g/mol. The molecule has 0 saturated heterocycles. The standard InChI is InChI=1S/C20H18N2O2S/c1-12-9-10-16(14(3)23)11-17(12)22-19(24)18-13(2)21-20(25-18)15-7-5-4-6-8-15/h4-11H,1-3H3,(H,22,24). The lowest BCUT2D eigenvalue weighted by Gasteiger charge is -2.09. The summed E-state index contributed by atoms with van der Waals surface area (Å²) in [5.74, 6) is -0.239. The molecule has 1 heterocycles. The van der Waals surface area contributed by atoms with Crippen LogP contribution >= 0.6 is 11.3 Å². The van der Waals surface area contributed by atoms with Crippen molar-refractivity contribution in [1.29, 1.82) is 0 Å². The Balaban J connectivity index is 1.89. The average Bonchev–Trinajstić information content (AvgIpc) is 2.99. The highest BCUT2D eigenvalue weighted by molar-refractivity contribution is 7.17. The fourth-order valence-electron chi connectivity index (χ4n) is 2.47. The van der Waals surface area contributed by atoms with Gasteiger partial charge in [0.2, 0.25) is 0 Å². The number of carbonyl (C=O) groups is 2. The maximum absolute atomic E-state index is 12.7. The number of carbonyl (C=O) groups excluding carboxylic acids is 2. The van der Waals surface area contributed by atoms with Gasteiger partial charge in [-0.25, -0.2) is 4.98 Å². The van der Waals surface area contributed by atoms with Crippen LogP contribution in [0.3, 0.4) is 0 Å². The van der Waals surface area contributed by atoms with Crippen LogP contribution in [-0.2, 0) is 0 Å². The third-order valence-corrected chi connectivity index (χ3v) is 5.12. The van der Waals surface area contributed by atoms with E-state index >= 15 is 0 Å². The van der Waals surface area contributed by atoms with Gasteiger partial charge >= 0.3 is 0 Å². The molecule has 25 heavy (non-hydrogen) atoms. The summed E-state index contributed by atoms with van der Waals surface area (Å²) in [5.41, 5.74) is 3.81. The van der Waals surface area contributed by atoms with E-state index in [2.05, 4.69) is 10.3 Å². The van der Waals surface area contributed by atoms with E-state index in [1.807, 2.05) is 50.2 Å². The van der Waals surface area contributed by atoms with Crippen molar-refractivity contribution in [3.05, 3.63) is 70.2 Å².